The third-order valence-electron chi connectivity index (χ3n) is 5.20. The van der Waals surface area contributed by atoms with Crippen LogP contribution in [-0.4, -0.2) is 54.0 Å². The predicted octanol–water partition coefficient (Wildman–Crippen LogP) is 2.69. The molecule has 1 aliphatic carbocycles. The van der Waals surface area contributed by atoms with Crippen molar-refractivity contribution in [1.82, 2.24) is 10.2 Å². The van der Waals surface area contributed by atoms with E-state index in [4.69, 9.17) is 9.47 Å². The summed E-state index contributed by atoms with van der Waals surface area (Å²) in [5.41, 5.74) is -0.379. The molecule has 2 unspecified atom stereocenters. The van der Waals surface area contributed by atoms with E-state index in [9.17, 15) is 4.79 Å². The monoisotopic (exact) mass is 310 g/mol. The molecule has 0 radical (unpaired) electrons. The molecule has 0 bridgehead atoms. The molecule has 2 aliphatic heterocycles. The highest BCUT2D eigenvalue weighted by atomic mass is 16.6. The van der Waals surface area contributed by atoms with Crippen LogP contribution in [0.2, 0.25) is 0 Å². The van der Waals surface area contributed by atoms with Crippen molar-refractivity contribution in [3.05, 3.63) is 0 Å². The van der Waals surface area contributed by atoms with Gasteiger partial charge in [0, 0.05) is 30.8 Å². The van der Waals surface area contributed by atoms with Crippen LogP contribution in [0.3, 0.4) is 0 Å². The SMILES string of the molecule is CC(C)(C)OC(=O)N1CCC(NC2CCOC2)CC12CCC2. The summed E-state index contributed by atoms with van der Waals surface area (Å²) in [6.07, 6.45) is 6.50. The Morgan fingerprint density at radius 3 is 2.59 bits per heavy atom. The molecule has 1 saturated carbocycles. The first-order valence-electron chi connectivity index (χ1n) is 8.72. The molecule has 2 heterocycles. The molecular formula is C17H30N2O3. The van der Waals surface area contributed by atoms with E-state index in [1.807, 2.05) is 25.7 Å². The highest BCUT2D eigenvalue weighted by Crippen LogP contribution is 2.45. The molecule has 22 heavy (non-hydrogen) atoms. The molecule has 3 fully saturated rings. The number of carbonyl (C=O) groups excluding carboxylic acids is 1. The van der Waals surface area contributed by atoms with Gasteiger partial charge in [-0.1, -0.05) is 0 Å². The van der Waals surface area contributed by atoms with Crippen molar-refractivity contribution in [1.29, 1.82) is 0 Å². The Morgan fingerprint density at radius 1 is 1.27 bits per heavy atom. The maximum atomic E-state index is 12.5. The molecule has 3 rings (SSSR count). The summed E-state index contributed by atoms with van der Waals surface area (Å²) in [4.78, 5) is 14.6. The van der Waals surface area contributed by atoms with Gasteiger partial charge in [-0.2, -0.15) is 0 Å². The molecule has 126 valence electrons. The van der Waals surface area contributed by atoms with Crippen LogP contribution in [0.15, 0.2) is 0 Å². The quantitative estimate of drug-likeness (QED) is 0.852. The number of piperidine rings is 1. The van der Waals surface area contributed by atoms with Crippen molar-refractivity contribution < 1.29 is 14.3 Å². The van der Waals surface area contributed by atoms with Gasteiger partial charge in [-0.05, 0) is 59.3 Å². The van der Waals surface area contributed by atoms with Gasteiger partial charge in [0.25, 0.3) is 0 Å². The molecule has 2 saturated heterocycles. The fourth-order valence-electron chi connectivity index (χ4n) is 4.00. The minimum absolute atomic E-state index is 0.0394. The minimum Gasteiger partial charge on any atom is -0.444 e. The van der Waals surface area contributed by atoms with Crippen LogP contribution in [0.25, 0.3) is 0 Å². The normalized spacial score (nSPS) is 31.1. The number of nitrogens with zero attached hydrogens (tertiary/aromatic N) is 1. The second-order valence-corrected chi connectivity index (χ2v) is 8.13. The van der Waals surface area contributed by atoms with Crippen molar-refractivity contribution in [2.45, 2.75) is 82.5 Å². The smallest absolute Gasteiger partial charge is 0.410 e. The maximum absolute atomic E-state index is 12.5. The van der Waals surface area contributed by atoms with Crippen LogP contribution >= 0.6 is 0 Å². The number of ether oxygens (including phenoxy) is 2. The van der Waals surface area contributed by atoms with Crippen LogP contribution in [0.5, 0.6) is 0 Å². The Labute approximate surface area is 133 Å². The average Bonchev–Trinajstić information content (AvgIpc) is 2.87. The van der Waals surface area contributed by atoms with E-state index in [0.29, 0.717) is 12.1 Å². The first-order valence-corrected chi connectivity index (χ1v) is 8.72. The van der Waals surface area contributed by atoms with Crippen LogP contribution in [0.1, 0.15) is 59.3 Å². The lowest BCUT2D eigenvalue weighted by molar-refractivity contribution is -0.0501. The zero-order chi connectivity index (χ0) is 15.8. The molecule has 0 aromatic heterocycles. The van der Waals surface area contributed by atoms with E-state index in [1.54, 1.807) is 0 Å². The Bertz CT molecular complexity index is 409. The summed E-state index contributed by atoms with van der Waals surface area (Å²) < 4.78 is 11.1. The van der Waals surface area contributed by atoms with Gasteiger partial charge < -0.3 is 19.7 Å². The van der Waals surface area contributed by atoms with Crippen molar-refractivity contribution in [2.75, 3.05) is 19.8 Å². The van der Waals surface area contributed by atoms with Gasteiger partial charge in [0.05, 0.1) is 6.61 Å². The van der Waals surface area contributed by atoms with E-state index >= 15 is 0 Å². The van der Waals surface area contributed by atoms with Crippen molar-refractivity contribution in [3.8, 4) is 0 Å². The fourth-order valence-corrected chi connectivity index (χ4v) is 4.00. The molecule has 1 amide bonds. The number of rotatable bonds is 2. The van der Waals surface area contributed by atoms with E-state index in [0.717, 1.165) is 51.9 Å². The third kappa shape index (κ3) is 3.40. The van der Waals surface area contributed by atoms with Crippen molar-refractivity contribution in [3.63, 3.8) is 0 Å². The molecule has 5 nitrogen and oxygen atoms in total. The maximum Gasteiger partial charge on any atom is 0.410 e. The molecular weight excluding hydrogens is 280 g/mol. The third-order valence-corrected chi connectivity index (χ3v) is 5.20. The molecule has 1 N–H and O–H groups in total. The van der Waals surface area contributed by atoms with Gasteiger partial charge in [0.15, 0.2) is 0 Å². The standard InChI is InChI=1S/C17H30N2O3/c1-16(2,3)22-15(20)19-9-5-13(11-17(19)7-4-8-17)18-14-6-10-21-12-14/h13-14,18H,4-12H2,1-3H3. The Hall–Kier alpha value is -0.810. The zero-order valence-corrected chi connectivity index (χ0v) is 14.2. The molecule has 3 aliphatic rings. The number of amides is 1. The van der Waals surface area contributed by atoms with Gasteiger partial charge in [0.2, 0.25) is 0 Å². The average molecular weight is 310 g/mol. The number of likely N-dealkylation sites (tertiary alicyclic amines) is 1. The van der Waals surface area contributed by atoms with E-state index in [-0.39, 0.29) is 11.6 Å². The molecule has 5 heteroatoms. The molecule has 0 aromatic carbocycles. The summed E-state index contributed by atoms with van der Waals surface area (Å²) in [7, 11) is 0. The summed E-state index contributed by atoms with van der Waals surface area (Å²) in [6, 6.07) is 1.00. The summed E-state index contributed by atoms with van der Waals surface area (Å²) in [5.74, 6) is 0. The summed E-state index contributed by atoms with van der Waals surface area (Å²) in [5, 5.41) is 3.75. The first-order chi connectivity index (χ1) is 10.4. The molecule has 0 aromatic rings. The predicted molar refractivity (Wildman–Crippen MR) is 84.9 cm³/mol. The van der Waals surface area contributed by atoms with Crippen LogP contribution in [0.4, 0.5) is 4.79 Å². The van der Waals surface area contributed by atoms with Gasteiger partial charge in [0.1, 0.15) is 5.60 Å². The van der Waals surface area contributed by atoms with E-state index in [1.165, 1.54) is 6.42 Å². The highest BCUT2D eigenvalue weighted by Gasteiger charge is 2.50. The first kappa shape index (κ1) is 16.1. The second-order valence-electron chi connectivity index (χ2n) is 8.13. The number of hydrogen-bond acceptors (Lipinski definition) is 4. The van der Waals surface area contributed by atoms with Gasteiger partial charge in [-0.15, -0.1) is 0 Å². The molecule has 2 atom stereocenters. The largest absolute Gasteiger partial charge is 0.444 e. The van der Waals surface area contributed by atoms with E-state index in [2.05, 4.69) is 5.32 Å². The van der Waals surface area contributed by atoms with Gasteiger partial charge in [-0.3, -0.25) is 0 Å². The van der Waals surface area contributed by atoms with Crippen molar-refractivity contribution >= 4 is 6.09 Å². The number of carbonyl (C=O) groups is 1. The van der Waals surface area contributed by atoms with Crippen LogP contribution in [-0.2, 0) is 9.47 Å². The van der Waals surface area contributed by atoms with Gasteiger partial charge >= 0.3 is 6.09 Å². The highest BCUT2D eigenvalue weighted by molar-refractivity contribution is 5.69. The van der Waals surface area contributed by atoms with Crippen LogP contribution < -0.4 is 5.32 Å². The zero-order valence-electron chi connectivity index (χ0n) is 14.2. The Balaban J connectivity index is 1.61. The minimum atomic E-state index is -0.418. The Kier molecular flexibility index (Phi) is 4.38. The lowest BCUT2D eigenvalue weighted by Crippen LogP contribution is -2.64. The lowest BCUT2D eigenvalue weighted by atomic mass is 9.69. The molecule has 1 spiro atoms. The van der Waals surface area contributed by atoms with Gasteiger partial charge in [-0.25, -0.2) is 4.79 Å². The number of nitrogens with one attached hydrogen (secondary N) is 1. The number of hydrogen-bond donors (Lipinski definition) is 1. The van der Waals surface area contributed by atoms with Crippen molar-refractivity contribution in [2.24, 2.45) is 0 Å². The van der Waals surface area contributed by atoms with Crippen LogP contribution in [0, 0.1) is 0 Å². The topological polar surface area (TPSA) is 50.8 Å². The second kappa shape index (κ2) is 6.00. The summed E-state index contributed by atoms with van der Waals surface area (Å²) in [6.45, 7) is 8.32. The Morgan fingerprint density at radius 2 is 2.05 bits per heavy atom. The summed E-state index contributed by atoms with van der Waals surface area (Å²) >= 11 is 0. The lowest BCUT2D eigenvalue weighted by Gasteiger charge is -2.55. The fraction of sp³-hybridized carbons (Fsp3) is 0.941. The van der Waals surface area contributed by atoms with E-state index < -0.39 is 5.60 Å².